The van der Waals surface area contributed by atoms with Gasteiger partial charge >= 0.3 is 18.1 Å². The van der Waals surface area contributed by atoms with Gasteiger partial charge in [0.1, 0.15) is 6.04 Å². The normalized spacial score (nSPS) is 18.0. The average Bonchev–Trinajstić information content (AvgIpc) is 2.56. The van der Waals surface area contributed by atoms with Crippen LogP contribution in [0.3, 0.4) is 0 Å². The number of ether oxygens (including phenoxy) is 1. The zero-order valence-electron chi connectivity index (χ0n) is 13.3. The number of halogens is 4. The summed E-state index contributed by atoms with van der Waals surface area (Å²) in [6.45, 7) is 3.10. The lowest BCUT2D eigenvalue weighted by Crippen LogP contribution is -2.54. The molecule has 1 atom stereocenters. The Balaban J connectivity index is 0.000000381. The summed E-state index contributed by atoms with van der Waals surface area (Å²) in [5, 5.41) is 11.1. The summed E-state index contributed by atoms with van der Waals surface area (Å²) in [6.07, 6.45) is -5.08. The van der Waals surface area contributed by atoms with E-state index in [2.05, 4.69) is 10.2 Å². The molecule has 25 heavy (non-hydrogen) atoms. The van der Waals surface area contributed by atoms with E-state index in [1.807, 2.05) is 24.3 Å². The second-order valence-corrected chi connectivity index (χ2v) is 5.58. The predicted molar refractivity (Wildman–Crippen MR) is 84.2 cm³/mol. The van der Waals surface area contributed by atoms with Crippen LogP contribution in [0, 0.1) is 0 Å². The van der Waals surface area contributed by atoms with Crippen molar-refractivity contribution in [2.24, 2.45) is 0 Å². The zero-order valence-corrected chi connectivity index (χ0v) is 14.1. The van der Waals surface area contributed by atoms with Gasteiger partial charge in [-0.1, -0.05) is 23.7 Å². The van der Waals surface area contributed by atoms with Gasteiger partial charge in [0.25, 0.3) is 0 Å². The fourth-order valence-electron chi connectivity index (χ4n) is 2.13. The Labute approximate surface area is 147 Å². The van der Waals surface area contributed by atoms with E-state index in [4.69, 9.17) is 26.2 Å². The predicted octanol–water partition coefficient (Wildman–Crippen LogP) is 1.92. The summed E-state index contributed by atoms with van der Waals surface area (Å²) >= 11 is 5.86. The number of methoxy groups -OCH3 is 1. The van der Waals surface area contributed by atoms with Gasteiger partial charge in [-0.2, -0.15) is 13.2 Å². The molecule has 0 saturated carbocycles. The lowest BCUT2D eigenvalue weighted by atomic mass is 10.1. The van der Waals surface area contributed by atoms with Crippen LogP contribution in [0.5, 0.6) is 0 Å². The molecule has 0 aromatic heterocycles. The summed E-state index contributed by atoms with van der Waals surface area (Å²) in [7, 11) is 1.43. The molecule has 1 aliphatic heterocycles. The number of nitrogens with one attached hydrogen (secondary N) is 1. The van der Waals surface area contributed by atoms with Crippen LogP contribution in [-0.2, 0) is 20.9 Å². The minimum Gasteiger partial charge on any atom is -0.475 e. The Bertz CT molecular complexity index is 581. The first-order valence-electron chi connectivity index (χ1n) is 7.22. The molecule has 1 aliphatic rings. The van der Waals surface area contributed by atoms with Crippen LogP contribution in [0.15, 0.2) is 24.3 Å². The second-order valence-electron chi connectivity index (χ2n) is 5.14. The number of aliphatic carboxylic acids is 1. The van der Waals surface area contributed by atoms with Crippen molar-refractivity contribution in [2.45, 2.75) is 18.8 Å². The summed E-state index contributed by atoms with van der Waals surface area (Å²) in [4.78, 5) is 22.7. The minimum absolute atomic E-state index is 0.184. The van der Waals surface area contributed by atoms with Crippen LogP contribution in [0.4, 0.5) is 13.2 Å². The monoisotopic (exact) mass is 382 g/mol. The van der Waals surface area contributed by atoms with E-state index >= 15 is 0 Å². The number of benzene rings is 1. The SMILES string of the molecule is COC(=O)C1CNCCN1Cc1ccc(Cl)cc1.O=C(O)C(F)(F)F. The number of rotatable bonds is 3. The molecule has 6 nitrogen and oxygen atoms in total. The average molecular weight is 383 g/mol. The number of piperazine rings is 1. The molecule has 0 aliphatic carbocycles. The Hall–Kier alpha value is -1.84. The molecule has 1 unspecified atom stereocenters. The number of esters is 1. The summed E-state index contributed by atoms with van der Waals surface area (Å²) in [5.41, 5.74) is 1.15. The molecular formula is C15H18ClF3N2O4. The first-order chi connectivity index (χ1) is 11.6. The van der Waals surface area contributed by atoms with Crippen molar-refractivity contribution in [2.75, 3.05) is 26.7 Å². The highest BCUT2D eigenvalue weighted by molar-refractivity contribution is 6.30. The molecule has 0 amide bonds. The number of nitrogens with zero attached hydrogens (tertiary/aromatic N) is 1. The maximum Gasteiger partial charge on any atom is 0.490 e. The van der Waals surface area contributed by atoms with Gasteiger partial charge < -0.3 is 15.2 Å². The van der Waals surface area contributed by atoms with E-state index in [9.17, 15) is 18.0 Å². The van der Waals surface area contributed by atoms with Crippen LogP contribution in [0.2, 0.25) is 5.02 Å². The molecule has 1 aromatic carbocycles. The van der Waals surface area contributed by atoms with Crippen molar-refractivity contribution < 1.29 is 32.6 Å². The lowest BCUT2D eigenvalue weighted by molar-refractivity contribution is -0.192. The summed E-state index contributed by atoms with van der Waals surface area (Å²) in [6, 6.07) is 7.50. The smallest absolute Gasteiger partial charge is 0.475 e. The third-order valence-electron chi connectivity index (χ3n) is 3.37. The number of hydrogen-bond donors (Lipinski definition) is 2. The second kappa shape index (κ2) is 9.59. The first-order valence-corrected chi connectivity index (χ1v) is 7.60. The number of carboxylic acids is 1. The first kappa shape index (κ1) is 21.2. The minimum atomic E-state index is -5.08. The van der Waals surface area contributed by atoms with E-state index < -0.39 is 12.1 Å². The van der Waals surface area contributed by atoms with Gasteiger partial charge in [0.15, 0.2) is 0 Å². The van der Waals surface area contributed by atoms with Crippen LogP contribution in [-0.4, -0.2) is 60.9 Å². The third kappa shape index (κ3) is 7.29. The van der Waals surface area contributed by atoms with Gasteiger partial charge in [0.2, 0.25) is 0 Å². The van der Waals surface area contributed by atoms with E-state index in [1.165, 1.54) is 7.11 Å². The van der Waals surface area contributed by atoms with E-state index in [1.54, 1.807) is 0 Å². The molecule has 0 radical (unpaired) electrons. The van der Waals surface area contributed by atoms with Crippen molar-refractivity contribution in [3.05, 3.63) is 34.9 Å². The van der Waals surface area contributed by atoms with Crippen LogP contribution in [0.25, 0.3) is 0 Å². The van der Waals surface area contributed by atoms with Gasteiger partial charge in [-0.25, -0.2) is 4.79 Å². The Morgan fingerprint density at radius 3 is 2.40 bits per heavy atom. The van der Waals surface area contributed by atoms with Crippen LogP contribution < -0.4 is 5.32 Å². The highest BCUT2D eigenvalue weighted by atomic mass is 35.5. The van der Waals surface area contributed by atoms with Crippen LogP contribution >= 0.6 is 11.6 Å². The standard InChI is InChI=1S/C13H17ClN2O2.C2HF3O2/c1-18-13(17)12-8-15-6-7-16(12)9-10-2-4-11(14)5-3-10;3-2(4,5)1(6)7/h2-5,12,15H,6-9H2,1H3;(H,6,7). The molecule has 0 bridgehead atoms. The molecule has 1 saturated heterocycles. The molecule has 1 fully saturated rings. The van der Waals surface area contributed by atoms with Crippen molar-refractivity contribution in [3.8, 4) is 0 Å². The number of carbonyl (C=O) groups is 2. The molecule has 1 aromatic rings. The zero-order chi connectivity index (χ0) is 19.0. The summed E-state index contributed by atoms with van der Waals surface area (Å²) < 4.78 is 36.6. The fraction of sp³-hybridized carbons (Fsp3) is 0.467. The summed E-state index contributed by atoms with van der Waals surface area (Å²) in [5.74, 6) is -2.94. The molecular weight excluding hydrogens is 365 g/mol. The number of alkyl halides is 3. The maximum absolute atomic E-state index is 11.7. The van der Waals surface area contributed by atoms with Gasteiger partial charge in [0.05, 0.1) is 7.11 Å². The highest BCUT2D eigenvalue weighted by Crippen LogP contribution is 2.15. The van der Waals surface area contributed by atoms with Crippen molar-refractivity contribution in [3.63, 3.8) is 0 Å². The van der Waals surface area contributed by atoms with Crippen LogP contribution in [0.1, 0.15) is 5.56 Å². The Morgan fingerprint density at radius 1 is 1.36 bits per heavy atom. The molecule has 2 rings (SSSR count). The number of carbonyl (C=O) groups excluding carboxylic acids is 1. The molecule has 10 heteroatoms. The molecule has 0 spiro atoms. The highest BCUT2D eigenvalue weighted by Gasteiger charge is 2.38. The van der Waals surface area contributed by atoms with E-state index in [-0.39, 0.29) is 12.0 Å². The van der Waals surface area contributed by atoms with Gasteiger partial charge in [-0.05, 0) is 17.7 Å². The topological polar surface area (TPSA) is 78.9 Å². The van der Waals surface area contributed by atoms with Crippen molar-refractivity contribution >= 4 is 23.5 Å². The number of hydrogen-bond acceptors (Lipinski definition) is 5. The van der Waals surface area contributed by atoms with E-state index in [0.29, 0.717) is 6.54 Å². The quantitative estimate of drug-likeness (QED) is 0.778. The van der Waals surface area contributed by atoms with Gasteiger partial charge in [0, 0.05) is 31.2 Å². The molecule has 1 heterocycles. The molecule has 2 N–H and O–H groups in total. The third-order valence-corrected chi connectivity index (χ3v) is 3.62. The van der Waals surface area contributed by atoms with Crippen molar-refractivity contribution in [1.82, 2.24) is 10.2 Å². The fourth-order valence-corrected chi connectivity index (χ4v) is 2.25. The van der Waals surface area contributed by atoms with Gasteiger partial charge in [-0.15, -0.1) is 0 Å². The Morgan fingerprint density at radius 2 is 1.92 bits per heavy atom. The van der Waals surface area contributed by atoms with Crippen molar-refractivity contribution in [1.29, 1.82) is 0 Å². The number of carboxylic acid groups (broad SMARTS) is 1. The maximum atomic E-state index is 11.7. The Kier molecular flexibility index (Phi) is 8.14. The molecule has 140 valence electrons. The van der Waals surface area contributed by atoms with E-state index in [0.717, 1.165) is 30.2 Å². The lowest BCUT2D eigenvalue weighted by Gasteiger charge is -2.34. The largest absolute Gasteiger partial charge is 0.490 e. The van der Waals surface area contributed by atoms with Gasteiger partial charge in [-0.3, -0.25) is 9.69 Å².